The lowest BCUT2D eigenvalue weighted by Gasteiger charge is -1.94. The minimum atomic E-state index is -0.510. The predicted octanol–water partition coefficient (Wildman–Crippen LogP) is 3.19. The van der Waals surface area contributed by atoms with Crippen LogP contribution in [0.2, 0.25) is 5.02 Å². The summed E-state index contributed by atoms with van der Waals surface area (Å²) in [5.41, 5.74) is 1.10. The summed E-state index contributed by atoms with van der Waals surface area (Å²) in [7, 11) is 0. The number of ether oxygens (including phenoxy) is 2. The topological polar surface area (TPSA) is 47.9 Å². The first-order valence-electron chi connectivity index (χ1n) is 5.75. The number of cyclic esters (lactones) is 1. The minimum Gasteiger partial charge on any atom is -0.499 e. The Kier molecular flexibility index (Phi) is 4.36. The quantitative estimate of drug-likeness (QED) is 0.482. The van der Waals surface area contributed by atoms with Gasteiger partial charge in [-0.15, -0.1) is 0 Å². The molecule has 1 aromatic rings. The lowest BCUT2D eigenvalue weighted by Crippen LogP contribution is -2.01. The van der Waals surface area contributed by atoms with E-state index in [9.17, 15) is 4.79 Å². The van der Waals surface area contributed by atoms with Gasteiger partial charge in [0.1, 0.15) is 6.26 Å². The molecule has 0 unspecified atom stereocenters. The first kappa shape index (κ1) is 13.4. The highest BCUT2D eigenvalue weighted by atomic mass is 35.5. The maximum Gasteiger partial charge on any atom is 0.367 e. The van der Waals surface area contributed by atoms with Gasteiger partial charge in [0, 0.05) is 11.1 Å². The number of benzene rings is 1. The molecule has 0 aromatic heterocycles. The molecule has 0 atom stereocenters. The smallest absolute Gasteiger partial charge is 0.367 e. The highest BCUT2D eigenvalue weighted by Gasteiger charge is 2.21. The van der Waals surface area contributed by atoms with Crippen molar-refractivity contribution in [3.63, 3.8) is 0 Å². The Hall–Kier alpha value is -2.07. The van der Waals surface area contributed by atoms with Gasteiger partial charge >= 0.3 is 5.97 Å². The molecule has 0 N–H and O–H groups in total. The van der Waals surface area contributed by atoms with Crippen molar-refractivity contribution < 1.29 is 14.3 Å². The monoisotopic (exact) mass is 277 g/mol. The molecule has 0 amide bonds. The molecule has 98 valence electrons. The molecule has 0 aliphatic carbocycles. The molecule has 5 heteroatoms. The van der Waals surface area contributed by atoms with Crippen LogP contribution >= 0.6 is 11.6 Å². The molecule has 1 heterocycles. The molecule has 0 saturated carbocycles. The molecule has 4 nitrogen and oxygen atoms in total. The molecule has 1 aliphatic heterocycles. The van der Waals surface area contributed by atoms with E-state index in [4.69, 9.17) is 21.1 Å². The number of hydrogen-bond acceptors (Lipinski definition) is 4. The second-order valence-corrected chi connectivity index (χ2v) is 4.12. The molecule has 2 rings (SSSR count). The van der Waals surface area contributed by atoms with Gasteiger partial charge in [-0.25, -0.2) is 9.79 Å². The van der Waals surface area contributed by atoms with Crippen LogP contribution in [0.1, 0.15) is 12.5 Å². The number of hydrogen-bond donors (Lipinski definition) is 0. The van der Waals surface area contributed by atoms with Crippen LogP contribution in [0.5, 0.6) is 0 Å². The largest absolute Gasteiger partial charge is 0.499 e. The molecule has 0 fully saturated rings. The molecular weight excluding hydrogens is 266 g/mol. The van der Waals surface area contributed by atoms with E-state index in [0.29, 0.717) is 11.6 Å². The first-order chi connectivity index (χ1) is 9.19. The van der Waals surface area contributed by atoms with E-state index in [-0.39, 0.29) is 11.6 Å². The van der Waals surface area contributed by atoms with Crippen LogP contribution in [-0.2, 0) is 14.3 Å². The van der Waals surface area contributed by atoms with Gasteiger partial charge in [0.2, 0.25) is 5.90 Å². The Morgan fingerprint density at radius 2 is 2.05 bits per heavy atom. The van der Waals surface area contributed by atoms with E-state index in [1.165, 1.54) is 6.26 Å². The van der Waals surface area contributed by atoms with E-state index in [1.807, 2.05) is 19.1 Å². The fourth-order valence-corrected chi connectivity index (χ4v) is 1.51. The van der Waals surface area contributed by atoms with E-state index in [2.05, 4.69) is 4.99 Å². The summed E-state index contributed by atoms with van der Waals surface area (Å²) in [6, 6.07) is 7.27. The third-order valence-electron chi connectivity index (χ3n) is 2.29. The number of halogens is 1. The van der Waals surface area contributed by atoms with Crippen LogP contribution in [0, 0.1) is 0 Å². The summed E-state index contributed by atoms with van der Waals surface area (Å²) < 4.78 is 9.97. The minimum absolute atomic E-state index is 0.164. The second kappa shape index (κ2) is 6.20. The first-order valence-corrected chi connectivity index (χ1v) is 6.13. The van der Waals surface area contributed by atoms with Crippen LogP contribution in [0.4, 0.5) is 0 Å². The standard InChI is InChI=1S/C14H12ClNO3/c1-2-18-9-12-14(17)19-13(16-12)8-5-10-3-6-11(15)7-4-10/h3-9H,2H2,1H3/b8-5+,12-9+. The maximum atomic E-state index is 11.4. The predicted molar refractivity (Wildman–Crippen MR) is 73.7 cm³/mol. The van der Waals surface area contributed by atoms with E-state index >= 15 is 0 Å². The fraction of sp³-hybridized carbons (Fsp3) is 0.143. The third kappa shape index (κ3) is 3.69. The molecule has 0 bridgehead atoms. The van der Waals surface area contributed by atoms with Crippen LogP contribution < -0.4 is 0 Å². The van der Waals surface area contributed by atoms with Gasteiger partial charge in [-0.2, -0.15) is 0 Å². The Morgan fingerprint density at radius 1 is 1.32 bits per heavy atom. The highest BCUT2D eigenvalue weighted by Crippen LogP contribution is 2.14. The number of aliphatic imine (C=N–C) groups is 1. The lowest BCUT2D eigenvalue weighted by atomic mass is 10.2. The number of carbonyl (C=O) groups excluding carboxylic acids is 1. The lowest BCUT2D eigenvalue weighted by molar-refractivity contribution is -0.130. The molecule has 1 aromatic carbocycles. The molecule has 1 aliphatic rings. The Morgan fingerprint density at radius 3 is 2.74 bits per heavy atom. The van der Waals surface area contributed by atoms with Gasteiger partial charge in [-0.1, -0.05) is 23.7 Å². The second-order valence-electron chi connectivity index (χ2n) is 3.68. The Bertz CT molecular complexity index is 559. The van der Waals surface area contributed by atoms with Crippen LogP contribution in [0.3, 0.4) is 0 Å². The average Bonchev–Trinajstić information content (AvgIpc) is 2.76. The highest BCUT2D eigenvalue weighted by molar-refractivity contribution is 6.30. The molecule has 0 radical (unpaired) electrons. The van der Waals surface area contributed by atoms with E-state index < -0.39 is 5.97 Å². The Labute approximate surface area is 116 Å². The van der Waals surface area contributed by atoms with Gasteiger partial charge in [0.15, 0.2) is 5.70 Å². The van der Waals surface area contributed by atoms with E-state index in [0.717, 1.165) is 5.56 Å². The van der Waals surface area contributed by atoms with Gasteiger partial charge in [-0.3, -0.25) is 0 Å². The van der Waals surface area contributed by atoms with Gasteiger partial charge in [-0.05, 0) is 30.7 Å². The normalized spacial score (nSPS) is 16.8. The zero-order valence-corrected chi connectivity index (χ0v) is 11.1. The van der Waals surface area contributed by atoms with E-state index in [1.54, 1.807) is 24.3 Å². The molecule has 0 spiro atoms. The average molecular weight is 278 g/mol. The maximum absolute atomic E-state index is 11.4. The summed E-state index contributed by atoms with van der Waals surface area (Å²) in [5.74, 6) is -0.268. The molecular formula is C14H12ClNO3. The van der Waals surface area contributed by atoms with Crippen LogP contribution in [-0.4, -0.2) is 18.5 Å². The fourth-order valence-electron chi connectivity index (χ4n) is 1.38. The van der Waals surface area contributed by atoms with Crippen molar-refractivity contribution in [2.45, 2.75) is 6.92 Å². The van der Waals surface area contributed by atoms with Crippen LogP contribution in [0.25, 0.3) is 6.08 Å². The van der Waals surface area contributed by atoms with Crippen molar-refractivity contribution in [3.05, 3.63) is 52.9 Å². The van der Waals surface area contributed by atoms with Crippen molar-refractivity contribution in [1.82, 2.24) is 0 Å². The van der Waals surface area contributed by atoms with Crippen molar-refractivity contribution in [2.75, 3.05) is 6.61 Å². The molecule has 19 heavy (non-hydrogen) atoms. The number of rotatable bonds is 4. The van der Waals surface area contributed by atoms with Crippen molar-refractivity contribution >= 4 is 29.5 Å². The third-order valence-corrected chi connectivity index (χ3v) is 2.54. The summed E-state index contributed by atoms with van der Waals surface area (Å²) in [5, 5.41) is 0.670. The summed E-state index contributed by atoms with van der Waals surface area (Å²) in [6.45, 7) is 2.30. The summed E-state index contributed by atoms with van der Waals surface area (Å²) in [4.78, 5) is 15.4. The van der Waals surface area contributed by atoms with Gasteiger partial charge in [0.25, 0.3) is 0 Å². The number of nitrogens with zero attached hydrogens (tertiary/aromatic N) is 1. The van der Waals surface area contributed by atoms with Gasteiger partial charge in [0.05, 0.1) is 6.61 Å². The SMILES string of the molecule is CCO/C=C1N=C(/C=C/c2ccc(Cl)cc2)OC/1=O. The van der Waals surface area contributed by atoms with Crippen molar-refractivity contribution in [3.8, 4) is 0 Å². The van der Waals surface area contributed by atoms with Crippen molar-refractivity contribution in [1.29, 1.82) is 0 Å². The summed E-state index contributed by atoms with van der Waals surface area (Å²) >= 11 is 5.79. The Balaban J connectivity index is 2.07. The summed E-state index contributed by atoms with van der Waals surface area (Å²) in [6.07, 6.45) is 4.70. The van der Waals surface area contributed by atoms with Gasteiger partial charge < -0.3 is 9.47 Å². The molecule has 0 saturated heterocycles. The number of carbonyl (C=O) groups is 1. The zero-order valence-electron chi connectivity index (χ0n) is 10.3. The van der Waals surface area contributed by atoms with Crippen molar-refractivity contribution in [2.24, 2.45) is 4.99 Å². The van der Waals surface area contributed by atoms with Crippen LogP contribution in [0.15, 0.2) is 47.3 Å². The number of esters is 1. The zero-order chi connectivity index (χ0) is 13.7.